The Morgan fingerprint density at radius 1 is 1.06 bits per heavy atom. The molecule has 1 aliphatic rings. The van der Waals surface area contributed by atoms with Crippen LogP contribution < -0.4 is 4.74 Å². The van der Waals surface area contributed by atoms with E-state index in [-0.39, 0.29) is 23.2 Å². The summed E-state index contributed by atoms with van der Waals surface area (Å²) in [5.41, 5.74) is 1.59. The van der Waals surface area contributed by atoms with Crippen molar-refractivity contribution in [1.29, 1.82) is 0 Å². The molecule has 0 aliphatic carbocycles. The fourth-order valence-electron chi connectivity index (χ4n) is 3.63. The van der Waals surface area contributed by atoms with Gasteiger partial charge in [0.25, 0.3) is 0 Å². The van der Waals surface area contributed by atoms with Crippen LogP contribution in [0, 0.1) is 5.92 Å². The van der Waals surface area contributed by atoms with Gasteiger partial charge in [-0.15, -0.1) is 0 Å². The largest absolute Gasteiger partial charge is 0.489 e. The van der Waals surface area contributed by atoms with Gasteiger partial charge in [0.15, 0.2) is 9.84 Å². The topological polar surface area (TPSA) is 85.8 Å². The highest BCUT2D eigenvalue weighted by Gasteiger charge is 2.28. The van der Waals surface area contributed by atoms with Crippen LogP contribution in [0.4, 0.5) is 4.79 Å². The Hall–Kier alpha value is -2.61. The van der Waals surface area contributed by atoms with Crippen LogP contribution in [0.25, 0.3) is 11.3 Å². The first-order chi connectivity index (χ1) is 14.6. The fraction of sp³-hybridized carbons (Fsp3) is 0.478. The number of benzene rings is 1. The van der Waals surface area contributed by atoms with Crippen LogP contribution in [-0.2, 0) is 14.6 Å². The standard InChI is InChI=1S/C23H30N2O5S/c1-16(2)29-23(26)25-13-11-18(12-14-25)17(3)30-20-7-10-22(24-15-20)19-5-8-21(9-6-19)31(4,27)28/h5-10,15-18H,11-14H2,1-4H3/t17-/m0/s1. The highest BCUT2D eigenvalue weighted by atomic mass is 32.2. The van der Waals surface area contributed by atoms with Crippen LogP contribution in [-0.4, -0.2) is 55.9 Å². The van der Waals surface area contributed by atoms with E-state index in [0.29, 0.717) is 24.8 Å². The molecule has 0 saturated carbocycles. The van der Waals surface area contributed by atoms with Crippen molar-refractivity contribution < 1.29 is 22.7 Å². The Morgan fingerprint density at radius 3 is 2.23 bits per heavy atom. The van der Waals surface area contributed by atoms with E-state index in [9.17, 15) is 13.2 Å². The molecule has 2 aromatic rings. The summed E-state index contributed by atoms with van der Waals surface area (Å²) in [6.45, 7) is 7.09. The van der Waals surface area contributed by atoms with E-state index in [4.69, 9.17) is 9.47 Å². The number of piperidine rings is 1. The average Bonchev–Trinajstić information content (AvgIpc) is 2.73. The lowest BCUT2D eigenvalue weighted by Crippen LogP contribution is -2.42. The van der Waals surface area contributed by atoms with Gasteiger partial charge < -0.3 is 14.4 Å². The third kappa shape index (κ3) is 6.19. The van der Waals surface area contributed by atoms with Gasteiger partial charge in [0.2, 0.25) is 0 Å². The van der Waals surface area contributed by atoms with Crippen LogP contribution in [0.3, 0.4) is 0 Å². The second kappa shape index (κ2) is 9.68. The Balaban J connectivity index is 1.55. The van der Waals surface area contributed by atoms with E-state index in [2.05, 4.69) is 4.98 Å². The van der Waals surface area contributed by atoms with Gasteiger partial charge in [0.05, 0.1) is 29.0 Å². The number of nitrogens with zero attached hydrogens (tertiary/aromatic N) is 2. The summed E-state index contributed by atoms with van der Waals surface area (Å²) in [6, 6.07) is 10.4. The molecule has 2 heterocycles. The van der Waals surface area contributed by atoms with E-state index in [0.717, 1.165) is 24.1 Å². The number of sulfone groups is 1. The van der Waals surface area contributed by atoms with Crippen molar-refractivity contribution >= 4 is 15.9 Å². The number of hydrogen-bond acceptors (Lipinski definition) is 6. The predicted molar refractivity (Wildman–Crippen MR) is 119 cm³/mol. The van der Waals surface area contributed by atoms with Crippen molar-refractivity contribution in [2.24, 2.45) is 5.92 Å². The maximum Gasteiger partial charge on any atom is 0.410 e. The third-order valence-corrected chi connectivity index (χ3v) is 6.56. The molecule has 0 radical (unpaired) electrons. The van der Waals surface area contributed by atoms with Gasteiger partial charge in [-0.1, -0.05) is 12.1 Å². The molecule has 31 heavy (non-hydrogen) atoms. The van der Waals surface area contributed by atoms with E-state index < -0.39 is 9.84 Å². The lowest BCUT2D eigenvalue weighted by Gasteiger charge is -2.34. The van der Waals surface area contributed by atoms with Crippen molar-refractivity contribution in [3.8, 4) is 17.0 Å². The number of carbonyl (C=O) groups excluding carboxylic acids is 1. The molecule has 1 aliphatic heterocycles. The number of ether oxygens (including phenoxy) is 2. The summed E-state index contributed by atoms with van der Waals surface area (Å²) < 4.78 is 34.6. The first-order valence-corrected chi connectivity index (χ1v) is 12.4. The summed E-state index contributed by atoms with van der Waals surface area (Å²) in [5, 5.41) is 0. The fourth-order valence-corrected chi connectivity index (χ4v) is 4.26. The van der Waals surface area contributed by atoms with Crippen molar-refractivity contribution in [2.45, 2.75) is 50.7 Å². The smallest absolute Gasteiger partial charge is 0.410 e. The molecule has 1 amide bonds. The average molecular weight is 447 g/mol. The first kappa shape index (κ1) is 23.1. The minimum Gasteiger partial charge on any atom is -0.489 e. The summed E-state index contributed by atoms with van der Waals surface area (Å²) in [7, 11) is -3.22. The molecule has 1 aromatic carbocycles. The Labute approximate surface area is 184 Å². The molecule has 0 unspecified atom stereocenters. The molecule has 8 heteroatoms. The molecule has 0 bridgehead atoms. The summed E-state index contributed by atoms with van der Waals surface area (Å²) >= 11 is 0. The van der Waals surface area contributed by atoms with Crippen LogP contribution in [0.15, 0.2) is 47.5 Å². The number of aromatic nitrogens is 1. The number of carbonyl (C=O) groups is 1. The van der Waals surface area contributed by atoms with Crippen LogP contribution >= 0.6 is 0 Å². The molecule has 1 atom stereocenters. The monoisotopic (exact) mass is 446 g/mol. The number of likely N-dealkylation sites (tertiary alicyclic amines) is 1. The normalized spacial score (nSPS) is 16.2. The van der Waals surface area contributed by atoms with Crippen molar-refractivity contribution in [1.82, 2.24) is 9.88 Å². The molecule has 168 valence electrons. The number of pyridine rings is 1. The second-order valence-electron chi connectivity index (χ2n) is 8.26. The van der Waals surface area contributed by atoms with Gasteiger partial charge in [0, 0.05) is 24.9 Å². The van der Waals surface area contributed by atoms with Gasteiger partial charge in [-0.25, -0.2) is 13.2 Å². The zero-order valence-electron chi connectivity index (χ0n) is 18.4. The van der Waals surface area contributed by atoms with E-state index >= 15 is 0 Å². The van der Waals surface area contributed by atoms with E-state index in [1.807, 2.05) is 32.9 Å². The summed E-state index contributed by atoms with van der Waals surface area (Å²) in [4.78, 5) is 18.5. The zero-order valence-corrected chi connectivity index (χ0v) is 19.3. The van der Waals surface area contributed by atoms with Gasteiger partial charge in [0.1, 0.15) is 5.75 Å². The highest BCUT2D eigenvalue weighted by molar-refractivity contribution is 7.90. The Bertz CT molecular complexity index is 980. The molecule has 0 spiro atoms. The summed E-state index contributed by atoms with van der Waals surface area (Å²) in [6.07, 6.45) is 4.26. The predicted octanol–water partition coefficient (Wildman–Crippen LogP) is 4.18. The maximum absolute atomic E-state index is 12.0. The lowest BCUT2D eigenvalue weighted by molar-refractivity contribution is 0.0494. The van der Waals surface area contributed by atoms with Gasteiger partial charge in [-0.05, 0) is 63.8 Å². The molecule has 1 fully saturated rings. The molecular weight excluding hydrogens is 416 g/mol. The first-order valence-electron chi connectivity index (χ1n) is 10.5. The van der Waals surface area contributed by atoms with Crippen LogP contribution in [0.2, 0.25) is 0 Å². The molecule has 7 nitrogen and oxygen atoms in total. The highest BCUT2D eigenvalue weighted by Crippen LogP contribution is 2.26. The second-order valence-corrected chi connectivity index (χ2v) is 10.3. The third-order valence-electron chi connectivity index (χ3n) is 5.43. The zero-order chi connectivity index (χ0) is 22.6. The number of rotatable bonds is 6. The van der Waals surface area contributed by atoms with Gasteiger partial charge in [-0.2, -0.15) is 0 Å². The molecule has 1 aromatic heterocycles. The van der Waals surface area contributed by atoms with Crippen LogP contribution in [0.1, 0.15) is 33.6 Å². The van der Waals surface area contributed by atoms with Gasteiger partial charge >= 0.3 is 6.09 Å². The van der Waals surface area contributed by atoms with Crippen molar-refractivity contribution in [3.05, 3.63) is 42.6 Å². The van der Waals surface area contributed by atoms with Gasteiger partial charge in [-0.3, -0.25) is 4.98 Å². The maximum atomic E-state index is 12.0. The minimum absolute atomic E-state index is 0.00460. The van der Waals surface area contributed by atoms with Crippen molar-refractivity contribution in [2.75, 3.05) is 19.3 Å². The quantitative estimate of drug-likeness (QED) is 0.662. The summed E-state index contributed by atoms with van der Waals surface area (Å²) in [5.74, 6) is 1.04. The lowest BCUT2D eigenvalue weighted by atomic mass is 9.92. The molecule has 1 saturated heterocycles. The van der Waals surface area contributed by atoms with Crippen LogP contribution in [0.5, 0.6) is 5.75 Å². The SMILES string of the molecule is CC(C)OC(=O)N1CCC([C@H](C)Oc2ccc(-c3ccc(S(C)(=O)=O)cc3)nc2)CC1. The Kier molecular flexibility index (Phi) is 7.20. The van der Waals surface area contributed by atoms with Crippen molar-refractivity contribution in [3.63, 3.8) is 0 Å². The van der Waals surface area contributed by atoms with E-state index in [1.54, 1.807) is 35.4 Å². The number of amides is 1. The van der Waals surface area contributed by atoms with E-state index in [1.165, 1.54) is 6.26 Å². The molecular formula is C23H30N2O5S. The number of hydrogen-bond donors (Lipinski definition) is 0. The molecule has 3 rings (SSSR count). The molecule has 0 N–H and O–H groups in total. The minimum atomic E-state index is -3.22. The Morgan fingerprint density at radius 2 is 1.71 bits per heavy atom.